The van der Waals surface area contributed by atoms with Gasteiger partial charge in [-0.3, -0.25) is 4.98 Å². The van der Waals surface area contributed by atoms with Crippen LogP contribution in [0, 0.1) is 0 Å². The first-order valence-electron chi connectivity index (χ1n) is 6.84. The molecule has 4 rings (SSSR count). The van der Waals surface area contributed by atoms with Crippen LogP contribution in [-0.4, -0.2) is 16.5 Å². The van der Waals surface area contributed by atoms with Gasteiger partial charge in [-0.1, -0.05) is 30.3 Å². The zero-order chi connectivity index (χ0) is 13.4. The Morgan fingerprint density at radius 1 is 1.05 bits per heavy atom. The van der Waals surface area contributed by atoms with Crippen molar-refractivity contribution in [3.05, 3.63) is 66.0 Å². The molecule has 1 saturated carbocycles. The Labute approximate surface area is 117 Å². The lowest BCUT2D eigenvalue weighted by Crippen LogP contribution is -2.42. The number of pyridine rings is 1. The lowest BCUT2D eigenvalue weighted by Gasteiger charge is -2.40. The van der Waals surface area contributed by atoms with Gasteiger partial charge in [0.25, 0.3) is 0 Å². The van der Waals surface area contributed by atoms with E-state index in [1.54, 1.807) is 12.4 Å². The van der Waals surface area contributed by atoms with Gasteiger partial charge in [-0.15, -0.1) is 0 Å². The second-order valence-corrected chi connectivity index (χ2v) is 5.36. The number of hydroxylamine groups is 1. The van der Waals surface area contributed by atoms with Crippen LogP contribution in [-0.2, 0) is 4.84 Å². The van der Waals surface area contributed by atoms with E-state index in [1.807, 2.05) is 18.2 Å². The summed E-state index contributed by atoms with van der Waals surface area (Å²) in [7, 11) is 0. The third-order valence-electron chi connectivity index (χ3n) is 4.01. The highest BCUT2D eigenvalue weighted by Gasteiger charge is 2.49. The molecule has 4 nitrogen and oxygen atoms in total. The van der Waals surface area contributed by atoms with Crippen molar-refractivity contribution in [3.8, 4) is 0 Å². The van der Waals surface area contributed by atoms with E-state index in [9.17, 15) is 0 Å². The molecule has 4 heteroatoms. The van der Waals surface area contributed by atoms with Crippen LogP contribution >= 0.6 is 0 Å². The third kappa shape index (κ3) is 1.89. The number of aromatic nitrogens is 1. The van der Waals surface area contributed by atoms with Gasteiger partial charge in [0.2, 0.25) is 0 Å². The highest BCUT2D eigenvalue weighted by molar-refractivity contribution is 5.99. The van der Waals surface area contributed by atoms with Crippen molar-refractivity contribution in [2.75, 3.05) is 0 Å². The summed E-state index contributed by atoms with van der Waals surface area (Å²) in [5.41, 5.74) is 4.97. The fourth-order valence-corrected chi connectivity index (χ4v) is 2.87. The first-order chi connectivity index (χ1) is 9.85. The molecule has 2 heterocycles. The van der Waals surface area contributed by atoms with Crippen molar-refractivity contribution in [3.63, 3.8) is 0 Å². The SMILES string of the molecule is c1ccc(C2CC3(C2)N=C(c2ccncc2)NO3)cc1. The van der Waals surface area contributed by atoms with Crippen LogP contribution in [0.1, 0.15) is 29.9 Å². The van der Waals surface area contributed by atoms with Gasteiger partial charge in [-0.25, -0.2) is 15.3 Å². The van der Waals surface area contributed by atoms with E-state index in [1.165, 1.54) is 5.56 Å². The summed E-state index contributed by atoms with van der Waals surface area (Å²) < 4.78 is 0. The Balaban J connectivity index is 1.51. The van der Waals surface area contributed by atoms with Gasteiger partial charge in [-0.05, 0) is 23.6 Å². The average Bonchev–Trinajstić information content (AvgIpc) is 2.93. The lowest BCUT2D eigenvalue weighted by molar-refractivity contribution is -0.115. The second-order valence-electron chi connectivity index (χ2n) is 5.36. The molecule has 0 unspecified atom stereocenters. The number of nitrogens with one attached hydrogen (secondary N) is 1. The van der Waals surface area contributed by atoms with Crippen molar-refractivity contribution in [2.45, 2.75) is 24.5 Å². The number of amidine groups is 1. The normalized spacial score (nSPS) is 27.8. The van der Waals surface area contributed by atoms with Crippen molar-refractivity contribution in [1.29, 1.82) is 0 Å². The number of rotatable bonds is 2. The molecule has 1 aromatic heterocycles. The van der Waals surface area contributed by atoms with Gasteiger partial charge in [0, 0.05) is 30.8 Å². The van der Waals surface area contributed by atoms with Crippen molar-refractivity contribution in [1.82, 2.24) is 10.5 Å². The molecule has 2 aromatic rings. The minimum atomic E-state index is -0.376. The highest BCUT2D eigenvalue weighted by atomic mass is 16.7. The summed E-state index contributed by atoms with van der Waals surface area (Å²) in [5, 5.41) is 0. The molecule has 0 radical (unpaired) electrons. The van der Waals surface area contributed by atoms with Crippen molar-refractivity contribution >= 4 is 5.84 Å². The van der Waals surface area contributed by atoms with E-state index in [0.717, 1.165) is 24.2 Å². The summed E-state index contributed by atoms with van der Waals surface area (Å²) in [6.07, 6.45) is 5.38. The smallest absolute Gasteiger partial charge is 0.188 e. The second kappa shape index (κ2) is 4.42. The predicted molar refractivity (Wildman–Crippen MR) is 76.1 cm³/mol. The Hall–Kier alpha value is -2.20. The number of aliphatic imine (C=N–C) groups is 1. The number of hydrogen-bond donors (Lipinski definition) is 1. The monoisotopic (exact) mass is 265 g/mol. The molecule has 1 spiro atoms. The minimum Gasteiger partial charge on any atom is -0.265 e. The van der Waals surface area contributed by atoms with Gasteiger partial charge in [-0.2, -0.15) is 0 Å². The quantitative estimate of drug-likeness (QED) is 0.908. The number of hydrogen-bond acceptors (Lipinski definition) is 4. The Kier molecular flexibility index (Phi) is 2.57. The molecule has 20 heavy (non-hydrogen) atoms. The predicted octanol–water partition coefficient (Wildman–Crippen LogP) is 2.64. The largest absolute Gasteiger partial charge is 0.265 e. The molecule has 0 saturated heterocycles. The summed E-state index contributed by atoms with van der Waals surface area (Å²) in [5.74, 6) is 1.34. The highest BCUT2D eigenvalue weighted by Crippen LogP contribution is 2.49. The zero-order valence-corrected chi connectivity index (χ0v) is 11.0. The average molecular weight is 265 g/mol. The maximum absolute atomic E-state index is 5.72. The molecule has 0 amide bonds. The van der Waals surface area contributed by atoms with Crippen LogP contribution < -0.4 is 5.48 Å². The Bertz CT molecular complexity index is 633. The standard InChI is InChI=1S/C16H15N3O/c1-2-4-12(5-3-1)14-10-16(11-14)18-15(19-20-16)13-6-8-17-9-7-13/h1-9,14H,10-11H2,(H,18,19). The van der Waals surface area contributed by atoms with Crippen molar-refractivity contribution < 1.29 is 4.84 Å². The van der Waals surface area contributed by atoms with Crippen molar-refractivity contribution in [2.24, 2.45) is 4.99 Å². The van der Waals surface area contributed by atoms with Crippen LogP contribution in [0.5, 0.6) is 0 Å². The number of nitrogens with zero attached hydrogens (tertiary/aromatic N) is 2. The van der Waals surface area contributed by atoms with Gasteiger partial charge < -0.3 is 0 Å². The Morgan fingerprint density at radius 3 is 2.55 bits per heavy atom. The van der Waals surface area contributed by atoms with Crippen LogP contribution in [0.15, 0.2) is 59.9 Å². The molecule has 0 bridgehead atoms. The van der Waals surface area contributed by atoms with Crippen LogP contribution in [0.2, 0.25) is 0 Å². The lowest BCUT2D eigenvalue weighted by atomic mass is 9.73. The van der Waals surface area contributed by atoms with Gasteiger partial charge >= 0.3 is 0 Å². The summed E-state index contributed by atoms with van der Waals surface area (Å²) in [6, 6.07) is 14.4. The summed E-state index contributed by atoms with van der Waals surface area (Å²) in [4.78, 5) is 14.5. The molecule has 0 atom stereocenters. The van der Waals surface area contributed by atoms with E-state index in [-0.39, 0.29) is 5.72 Å². The molecule has 1 N–H and O–H groups in total. The third-order valence-corrected chi connectivity index (χ3v) is 4.01. The van der Waals surface area contributed by atoms with E-state index in [2.05, 4.69) is 34.7 Å². The molecule has 100 valence electrons. The zero-order valence-electron chi connectivity index (χ0n) is 11.0. The van der Waals surface area contributed by atoms with E-state index in [0.29, 0.717) is 5.92 Å². The molecule has 1 aliphatic heterocycles. The van der Waals surface area contributed by atoms with Crippen LogP contribution in [0.3, 0.4) is 0 Å². The van der Waals surface area contributed by atoms with Gasteiger partial charge in [0.15, 0.2) is 11.6 Å². The van der Waals surface area contributed by atoms with Gasteiger partial charge in [0.1, 0.15) is 0 Å². The molecular weight excluding hydrogens is 250 g/mol. The van der Waals surface area contributed by atoms with E-state index in [4.69, 9.17) is 9.83 Å². The fourth-order valence-electron chi connectivity index (χ4n) is 2.87. The number of benzene rings is 1. The minimum absolute atomic E-state index is 0.376. The molecule has 2 aliphatic rings. The molecule has 1 fully saturated rings. The van der Waals surface area contributed by atoms with Crippen LogP contribution in [0.4, 0.5) is 0 Å². The topological polar surface area (TPSA) is 46.5 Å². The maximum atomic E-state index is 5.72. The molecule has 1 aromatic carbocycles. The van der Waals surface area contributed by atoms with Crippen LogP contribution in [0.25, 0.3) is 0 Å². The summed E-state index contributed by atoms with van der Waals surface area (Å²) in [6.45, 7) is 0. The van der Waals surface area contributed by atoms with E-state index >= 15 is 0 Å². The Morgan fingerprint density at radius 2 is 1.80 bits per heavy atom. The first-order valence-corrected chi connectivity index (χ1v) is 6.84. The van der Waals surface area contributed by atoms with E-state index < -0.39 is 0 Å². The first kappa shape index (κ1) is 11.6. The summed E-state index contributed by atoms with van der Waals surface area (Å²) >= 11 is 0. The molecule has 1 aliphatic carbocycles. The van der Waals surface area contributed by atoms with Gasteiger partial charge in [0.05, 0.1) is 0 Å². The fraction of sp³-hybridized carbons (Fsp3) is 0.250. The molecular formula is C16H15N3O. The maximum Gasteiger partial charge on any atom is 0.188 e.